The number of anilines is 1. The van der Waals surface area contributed by atoms with E-state index >= 15 is 0 Å². The summed E-state index contributed by atoms with van der Waals surface area (Å²) in [7, 11) is 0. The number of hydrogen-bond donors (Lipinski definition) is 3. The maximum absolute atomic E-state index is 13.7. The zero-order chi connectivity index (χ0) is 27.6. The third-order valence-electron chi connectivity index (χ3n) is 5.86. The van der Waals surface area contributed by atoms with Crippen molar-refractivity contribution in [3.05, 3.63) is 59.2 Å². The molecule has 2 aromatic rings. The molecule has 0 aromatic heterocycles. The Morgan fingerprint density at radius 1 is 1.00 bits per heavy atom. The lowest BCUT2D eigenvalue weighted by atomic mass is 10.00. The largest absolute Gasteiger partial charge is 0.508 e. The Balaban J connectivity index is 2.40. The van der Waals surface area contributed by atoms with Crippen molar-refractivity contribution < 1.29 is 24.2 Å². The molecule has 1 unspecified atom stereocenters. The Morgan fingerprint density at radius 2 is 1.70 bits per heavy atom. The fourth-order valence-electron chi connectivity index (χ4n) is 3.91. The van der Waals surface area contributed by atoms with Gasteiger partial charge >= 0.3 is 6.09 Å². The van der Waals surface area contributed by atoms with Gasteiger partial charge in [0.15, 0.2) is 0 Å². The molecule has 37 heavy (non-hydrogen) atoms. The number of phenols is 1. The van der Waals surface area contributed by atoms with E-state index in [1.807, 2.05) is 31.2 Å². The number of alkyl carbamates (subject to hydrolysis) is 1. The molecular formula is C29H41N3O5. The Labute approximate surface area is 220 Å². The molecule has 202 valence electrons. The summed E-state index contributed by atoms with van der Waals surface area (Å²) in [6, 6.07) is 11.4. The number of para-hydroxylation sites is 1. The molecule has 2 aromatic carbocycles. The second-order valence-electron chi connectivity index (χ2n) is 10.3. The average Bonchev–Trinajstić information content (AvgIpc) is 2.82. The van der Waals surface area contributed by atoms with Crippen molar-refractivity contribution in [1.82, 2.24) is 10.2 Å². The summed E-state index contributed by atoms with van der Waals surface area (Å²) >= 11 is 0. The number of nitrogens with one attached hydrogen (secondary N) is 2. The molecule has 1 atom stereocenters. The number of nitrogens with zero attached hydrogens (tertiary/aromatic N) is 1. The maximum atomic E-state index is 13.7. The van der Waals surface area contributed by atoms with Gasteiger partial charge in [0.25, 0.3) is 5.91 Å². The Hall–Kier alpha value is -3.55. The molecule has 0 saturated heterocycles. The highest BCUT2D eigenvalue weighted by Crippen LogP contribution is 2.28. The summed E-state index contributed by atoms with van der Waals surface area (Å²) in [4.78, 5) is 41.0. The van der Waals surface area contributed by atoms with Crippen LogP contribution < -0.4 is 10.6 Å². The van der Waals surface area contributed by atoms with Crippen LogP contribution in [0.5, 0.6) is 5.75 Å². The molecule has 0 bridgehead atoms. The van der Waals surface area contributed by atoms with E-state index in [0.717, 1.165) is 24.8 Å². The topological polar surface area (TPSA) is 108 Å². The number of benzene rings is 2. The van der Waals surface area contributed by atoms with Crippen LogP contribution in [0.2, 0.25) is 0 Å². The first-order valence-electron chi connectivity index (χ1n) is 12.8. The minimum absolute atomic E-state index is 0.106. The van der Waals surface area contributed by atoms with Crippen molar-refractivity contribution in [3.8, 4) is 5.75 Å². The number of phenolic OH excluding ortho intramolecular Hbond substituents is 1. The van der Waals surface area contributed by atoms with Crippen LogP contribution in [0.1, 0.15) is 76.1 Å². The van der Waals surface area contributed by atoms with Crippen LogP contribution in [0.25, 0.3) is 0 Å². The predicted octanol–water partition coefficient (Wildman–Crippen LogP) is 5.62. The Kier molecular flexibility index (Phi) is 11.0. The molecule has 2 rings (SSSR count). The second kappa shape index (κ2) is 13.7. The molecule has 0 heterocycles. The van der Waals surface area contributed by atoms with E-state index in [0.29, 0.717) is 29.8 Å². The molecule has 3 amide bonds. The lowest BCUT2D eigenvalue weighted by molar-refractivity contribution is -0.138. The van der Waals surface area contributed by atoms with Gasteiger partial charge < -0.3 is 25.4 Å². The van der Waals surface area contributed by atoms with E-state index in [1.54, 1.807) is 39.8 Å². The Morgan fingerprint density at radius 3 is 2.32 bits per heavy atom. The molecule has 0 aliphatic carbocycles. The highest BCUT2D eigenvalue weighted by Gasteiger charge is 2.32. The minimum atomic E-state index is -0.964. The average molecular weight is 512 g/mol. The maximum Gasteiger partial charge on any atom is 0.408 e. The first-order valence-corrected chi connectivity index (χ1v) is 12.8. The third kappa shape index (κ3) is 9.44. The standard InChI is InChI=1S/C29H41N3O5/c1-7-8-9-12-17-32(25(34)19-30-28(36)37-29(4,5)6)26(22-15-16-24(33)21(3)18-22)27(35)31-23-14-11-10-13-20(23)2/h10-11,13-16,18,26,33H,7-9,12,17,19H2,1-6H3,(H,30,36)(H,31,35). The van der Waals surface area contributed by atoms with Crippen molar-refractivity contribution in [2.75, 3.05) is 18.4 Å². The minimum Gasteiger partial charge on any atom is -0.508 e. The van der Waals surface area contributed by atoms with Crippen LogP contribution >= 0.6 is 0 Å². The number of unbranched alkanes of at least 4 members (excludes halogenated alkanes) is 3. The lowest BCUT2D eigenvalue weighted by Crippen LogP contribution is -2.47. The van der Waals surface area contributed by atoms with Gasteiger partial charge in [-0.25, -0.2) is 4.79 Å². The summed E-state index contributed by atoms with van der Waals surface area (Å²) in [6.07, 6.45) is 2.95. The zero-order valence-corrected chi connectivity index (χ0v) is 22.9. The fourth-order valence-corrected chi connectivity index (χ4v) is 3.91. The van der Waals surface area contributed by atoms with Gasteiger partial charge in [0.2, 0.25) is 5.91 Å². The van der Waals surface area contributed by atoms with Crippen LogP contribution in [0.4, 0.5) is 10.5 Å². The number of carbonyl (C=O) groups is 3. The van der Waals surface area contributed by atoms with E-state index in [9.17, 15) is 19.5 Å². The SMILES string of the molecule is CCCCCCN(C(=O)CNC(=O)OC(C)(C)C)C(C(=O)Nc1ccccc1C)c1ccc(O)c(C)c1. The monoisotopic (exact) mass is 511 g/mol. The summed E-state index contributed by atoms with van der Waals surface area (Å²) in [6.45, 7) is 11.0. The van der Waals surface area contributed by atoms with Crippen molar-refractivity contribution in [2.45, 2.75) is 78.9 Å². The van der Waals surface area contributed by atoms with Gasteiger partial charge in [0.05, 0.1) is 0 Å². The van der Waals surface area contributed by atoms with Crippen LogP contribution in [0.3, 0.4) is 0 Å². The molecule has 0 saturated carbocycles. The van der Waals surface area contributed by atoms with Crippen molar-refractivity contribution in [3.63, 3.8) is 0 Å². The first-order chi connectivity index (χ1) is 17.4. The highest BCUT2D eigenvalue weighted by molar-refractivity contribution is 5.99. The van der Waals surface area contributed by atoms with E-state index in [1.165, 1.54) is 11.0 Å². The lowest BCUT2D eigenvalue weighted by Gasteiger charge is -2.32. The Bertz CT molecular complexity index is 1080. The molecule has 0 aliphatic heterocycles. The fraction of sp³-hybridized carbons (Fsp3) is 0.483. The van der Waals surface area contributed by atoms with Gasteiger partial charge in [-0.05, 0) is 75.9 Å². The number of aryl methyl sites for hydroxylation is 2. The predicted molar refractivity (Wildman–Crippen MR) is 145 cm³/mol. The molecule has 0 spiro atoms. The van der Waals surface area contributed by atoms with Crippen molar-refractivity contribution in [2.24, 2.45) is 0 Å². The van der Waals surface area contributed by atoms with Gasteiger partial charge in [-0.3, -0.25) is 9.59 Å². The van der Waals surface area contributed by atoms with E-state index < -0.39 is 23.6 Å². The van der Waals surface area contributed by atoms with Gasteiger partial charge in [-0.15, -0.1) is 0 Å². The number of rotatable bonds is 11. The van der Waals surface area contributed by atoms with Crippen molar-refractivity contribution >= 4 is 23.6 Å². The molecule has 8 heteroatoms. The summed E-state index contributed by atoms with van der Waals surface area (Å²) < 4.78 is 5.27. The number of ether oxygens (including phenoxy) is 1. The molecule has 0 aliphatic rings. The van der Waals surface area contributed by atoms with Crippen LogP contribution in [-0.2, 0) is 14.3 Å². The second-order valence-corrected chi connectivity index (χ2v) is 10.3. The van der Waals surface area contributed by atoms with Crippen LogP contribution in [0.15, 0.2) is 42.5 Å². The quantitative estimate of drug-likeness (QED) is 0.339. The van der Waals surface area contributed by atoms with Gasteiger partial charge in [-0.2, -0.15) is 0 Å². The molecule has 8 nitrogen and oxygen atoms in total. The molecule has 3 N–H and O–H groups in total. The van der Waals surface area contributed by atoms with E-state index in [-0.39, 0.29) is 18.2 Å². The number of aromatic hydroxyl groups is 1. The van der Waals surface area contributed by atoms with E-state index in [4.69, 9.17) is 4.74 Å². The normalized spacial score (nSPS) is 11.9. The summed E-state index contributed by atoms with van der Waals surface area (Å²) in [5.41, 5.74) is 2.01. The van der Waals surface area contributed by atoms with E-state index in [2.05, 4.69) is 17.6 Å². The van der Waals surface area contributed by atoms with Gasteiger partial charge in [0.1, 0.15) is 23.9 Å². The van der Waals surface area contributed by atoms with Gasteiger partial charge in [0, 0.05) is 12.2 Å². The number of amides is 3. The zero-order valence-electron chi connectivity index (χ0n) is 22.9. The first kappa shape index (κ1) is 29.7. The molecular weight excluding hydrogens is 470 g/mol. The van der Waals surface area contributed by atoms with Crippen LogP contribution in [-0.4, -0.2) is 46.6 Å². The summed E-state index contributed by atoms with van der Waals surface area (Å²) in [5, 5.41) is 15.6. The molecule has 0 fully saturated rings. The third-order valence-corrected chi connectivity index (χ3v) is 5.86. The number of hydrogen-bond acceptors (Lipinski definition) is 5. The van der Waals surface area contributed by atoms with Crippen LogP contribution in [0, 0.1) is 13.8 Å². The smallest absolute Gasteiger partial charge is 0.408 e. The van der Waals surface area contributed by atoms with Crippen molar-refractivity contribution in [1.29, 1.82) is 0 Å². The highest BCUT2D eigenvalue weighted by atomic mass is 16.6. The summed E-state index contributed by atoms with van der Waals surface area (Å²) in [5.74, 6) is -0.673. The molecule has 0 radical (unpaired) electrons. The number of carbonyl (C=O) groups excluding carboxylic acids is 3. The van der Waals surface area contributed by atoms with Gasteiger partial charge in [-0.1, -0.05) is 50.5 Å².